The molecule has 0 radical (unpaired) electrons. The van der Waals surface area contributed by atoms with Crippen LogP contribution in [0.25, 0.3) is 0 Å². The van der Waals surface area contributed by atoms with E-state index in [0.717, 1.165) is 42.1 Å². The first-order valence-corrected chi connectivity index (χ1v) is 11.2. The molecule has 33 heavy (non-hydrogen) atoms. The molecule has 0 spiro atoms. The summed E-state index contributed by atoms with van der Waals surface area (Å²) in [6.45, 7) is 1.85. The lowest BCUT2D eigenvalue weighted by molar-refractivity contribution is -0.134. The Morgan fingerprint density at radius 1 is 1.06 bits per heavy atom. The highest BCUT2D eigenvalue weighted by Gasteiger charge is 2.34. The van der Waals surface area contributed by atoms with Crippen LogP contribution in [0.1, 0.15) is 34.7 Å². The van der Waals surface area contributed by atoms with Crippen LogP contribution in [0.2, 0.25) is 0 Å². The number of halogens is 1. The fourth-order valence-corrected chi connectivity index (χ4v) is 4.62. The van der Waals surface area contributed by atoms with Crippen molar-refractivity contribution in [2.45, 2.75) is 25.4 Å². The number of hydrogen-bond acceptors (Lipinski definition) is 4. The maximum absolute atomic E-state index is 14.0. The number of nitrogens with zero attached hydrogens (tertiary/aromatic N) is 3. The molecule has 1 amide bonds. The van der Waals surface area contributed by atoms with Gasteiger partial charge in [0.1, 0.15) is 11.6 Å². The molecule has 5 rings (SSSR count). The summed E-state index contributed by atoms with van der Waals surface area (Å²) < 4.78 is 19.3. The molecule has 0 aromatic heterocycles. The van der Waals surface area contributed by atoms with Gasteiger partial charge in [0, 0.05) is 19.5 Å². The minimum atomic E-state index is -0.331. The normalized spacial score (nSPS) is 18.1. The highest BCUT2D eigenvalue weighted by atomic mass is 19.1. The smallest absolute Gasteiger partial charge is 0.257 e. The van der Waals surface area contributed by atoms with Crippen LogP contribution in [-0.2, 0) is 17.8 Å². The Morgan fingerprint density at radius 2 is 1.85 bits per heavy atom. The van der Waals surface area contributed by atoms with Gasteiger partial charge in [-0.25, -0.2) is 9.40 Å². The van der Waals surface area contributed by atoms with Crippen molar-refractivity contribution in [3.63, 3.8) is 0 Å². The minimum absolute atomic E-state index is 0.0767. The maximum Gasteiger partial charge on any atom is 0.257 e. The highest BCUT2D eigenvalue weighted by Crippen LogP contribution is 2.34. The fourth-order valence-electron chi connectivity index (χ4n) is 4.62. The van der Waals surface area contributed by atoms with Gasteiger partial charge in [-0.05, 0) is 65.1 Å². The lowest BCUT2D eigenvalue weighted by Crippen LogP contribution is -2.40. The molecule has 0 saturated carbocycles. The molecular weight excluding hydrogens is 417 g/mol. The Bertz CT molecular complexity index is 1190. The van der Waals surface area contributed by atoms with Crippen molar-refractivity contribution in [1.82, 2.24) is 9.91 Å². The SMILES string of the molecule is COc1ccc(C2=NN(C(=O)CN3CCc4ccccc4C3)C(c3cccc(F)c3)C2)cc1. The van der Waals surface area contributed by atoms with Gasteiger partial charge in [0.25, 0.3) is 5.91 Å². The van der Waals surface area contributed by atoms with Gasteiger partial charge in [0.05, 0.1) is 25.4 Å². The second-order valence-corrected chi connectivity index (χ2v) is 8.52. The number of carbonyl (C=O) groups excluding carboxylic acids is 1. The van der Waals surface area contributed by atoms with E-state index in [9.17, 15) is 9.18 Å². The van der Waals surface area contributed by atoms with Crippen LogP contribution in [0.5, 0.6) is 5.75 Å². The zero-order valence-electron chi connectivity index (χ0n) is 18.6. The van der Waals surface area contributed by atoms with Crippen molar-refractivity contribution < 1.29 is 13.9 Å². The van der Waals surface area contributed by atoms with Gasteiger partial charge in [0.15, 0.2) is 0 Å². The summed E-state index contributed by atoms with van der Waals surface area (Å²) in [5, 5.41) is 6.27. The Balaban J connectivity index is 1.39. The summed E-state index contributed by atoms with van der Waals surface area (Å²) in [5.41, 5.74) is 5.10. The van der Waals surface area contributed by atoms with E-state index in [1.807, 2.05) is 36.4 Å². The van der Waals surface area contributed by atoms with Gasteiger partial charge in [-0.2, -0.15) is 5.10 Å². The van der Waals surface area contributed by atoms with Crippen LogP contribution in [0.15, 0.2) is 77.9 Å². The van der Waals surface area contributed by atoms with Crippen LogP contribution in [0, 0.1) is 5.82 Å². The molecule has 0 N–H and O–H groups in total. The van der Waals surface area contributed by atoms with Gasteiger partial charge in [0.2, 0.25) is 0 Å². The Labute approximate surface area is 193 Å². The van der Waals surface area contributed by atoms with Crippen molar-refractivity contribution >= 4 is 11.6 Å². The van der Waals surface area contributed by atoms with Crippen molar-refractivity contribution in [3.8, 4) is 5.75 Å². The van der Waals surface area contributed by atoms with Crippen LogP contribution >= 0.6 is 0 Å². The van der Waals surface area contributed by atoms with E-state index < -0.39 is 0 Å². The molecule has 0 fully saturated rings. The number of hydrazone groups is 1. The summed E-state index contributed by atoms with van der Waals surface area (Å²) in [6.07, 6.45) is 1.46. The van der Waals surface area contributed by atoms with Gasteiger partial charge >= 0.3 is 0 Å². The predicted octanol–water partition coefficient (Wildman–Crippen LogP) is 4.57. The van der Waals surface area contributed by atoms with Crippen molar-refractivity contribution in [3.05, 3.63) is 101 Å². The second kappa shape index (κ2) is 9.16. The molecule has 6 heteroatoms. The van der Waals surface area contributed by atoms with E-state index in [-0.39, 0.29) is 24.3 Å². The molecule has 3 aromatic rings. The van der Waals surface area contributed by atoms with Gasteiger partial charge in [-0.3, -0.25) is 9.69 Å². The monoisotopic (exact) mass is 443 g/mol. The van der Waals surface area contributed by atoms with E-state index in [1.54, 1.807) is 18.2 Å². The zero-order chi connectivity index (χ0) is 22.8. The fraction of sp³-hybridized carbons (Fsp3) is 0.259. The van der Waals surface area contributed by atoms with Crippen molar-refractivity contribution in [2.24, 2.45) is 5.10 Å². The van der Waals surface area contributed by atoms with E-state index in [1.165, 1.54) is 23.3 Å². The molecule has 1 atom stereocenters. The number of hydrogen-bond donors (Lipinski definition) is 0. The number of benzene rings is 3. The van der Waals surface area contributed by atoms with E-state index >= 15 is 0 Å². The first-order valence-electron chi connectivity index (χ1n) is 11.2. The highest BCUT2D eigenvalue weighted by molar-refractivity contribution is 6.03. The molecule has 1 unspecified atom stereocenters. The predicted molar refractivity (Wildman–Crippen MR) is 126 cm³/mol. The van der Waals surface area contributed by atoms with Crippen molar-refractivity contribution in [2.75, 3.05) is 20.2 Å². The molecule has 2 heterocycles. The molecule has 2 aliphatic rings. The quantitative estimate of drug-likeness (QED) is 0.580. The van der Waals surface area contributed by atoms with E-state index in [4.69, 9.17) is 9.84 Å². The minimum Gasteiger partial charge on any atom is -0.497 e. The van der Waals surface area contributed by atoms with Gasteiger partial charge in [-0.1, -0.05) is 36.4 Å². The lowest BCUT2D eigenvalue weighted by Gasteiger charge is -2.30. The number of amides is 1. The topological polar surface area (TPSA) is 45.1 Å². The van der Waals surface area contributed by atoms with Crippen LogP contribution in [0.4, 0.5) is 4.39 Å². The average Bonchev–Trinajstić information content (AvgIpc) is 3.30. The largest absolute Gasteiger partial charge is 0.497 e. The molecule has 5 nitrogen and oxygen atoms in total. The molecule has 0 aliphatic carbocycles. The lowest BCUT2D eigenvalue weighted by atomic mass is 9.98. The number of carbonyl (C=O) groups is 1. The first-order chi connectivity index (χ1) is 16.1. The number of rotatable bonds is 5. The van der Waals surface area contributed by atoms with E-state index in [2.05, 4.69) is 23.1 Å². The molecule has 2 aliphatic heterocycles. The Hall–Kier alpha value is -3.51. The maximum atomic E-state index is 14.0. The zero-order valence-corrected chi connectivity index (χ0v) is 18.6. The third-order valence-corrected chi connectivity index (χ3v) is 6.39. The number of fused-ring (bicyclic) bond motifs is 1. The first kappa shape index (κ1) is 21.3. The van der Waals surface area contributed by atoms with Crippen LogP contribution < -0.4 is 4.74 Å². The van der Waals surface area contributed by atoms with Gasteiger partial charge < -0.3 is 4.74 Å². The van der Waals surface area contributed by atoms with Crippen LogP contribution in [-0.4, -0.2) is 41.7 Å². The summed E-state index contributed by atoms with van der Waals surface area (Å²) in [4.78, 5) is 15.6. The molecule has 0 bridgehead atoms. The molecule has 168 valence electrons. The third kappa shape index (κ3) is 4.52. The number of methoxy groups -OCH3 is 1. The van der Waals surface area contributed by atoms with Gasteiger partial charge in [-0.15, -0.1) is 0 Å². The van der Waals surface area contributed by atoms with E-state index in [0.29, 0.717) is 6.42 Å². The van der Waals surface area contributed by atoms with Crippen LogP contribution in [0.3, 0.4) is 0 Å². The molecule has 3 aromatic carbocycles. The summed E-state index contributed by atoms with van der Waals surface area (Å²) in [6, 6.07) is 22.1. The summed E-state index contributed by atoms with van der Waals surface area (Å²) >= 11 is 0. The van der Waals surface area contributed by atoms with Crippen molar-refractivity contribution in [1.29, 1.82) is 0 Å². The molecule has 0 saturated heterocycles. The number of ether oxygens (including phenoxy) is 1. The summed E-state index contributed by atoms with van der Waals surface area (Å²) in [7, 11) is 1.63. The average molecular weight is 444 g/mol. The standard InChI is InChI=1S/C27H26FN3O2/c1-33-24-11-9-20(10-12-24)25-16-26(21-7-4-8-23(28)15-21)31(29-25)27(32)18-30-14-13-19-5-2-3-6-22(19)17-30/h2-12,15,26H,13-14,16-18H2,1H3. The summed E-state index contributed by atoms with van der Waals surface area (Å²) in [5.74, 6) is 0.370. The molecular formula is C27H26FN3O2. The Kier molecular flexibility index (Phi) is 5.92. The third-order valence-electron chi connectivity index (χ3n) is 6.39. The Morgan fingerprint density at radius 3 is 2.61 bits per heavy atom. The second-order valence-electron chi connectivity index (χ2n) is 8.52.